The molecule has 0 aromatic heterocycles. The standard InChI is InChI=1S/C11H13NOS/c13-11-10(14-7-6-12-11)8-9-4-2-1-3-5-9/h1-5,10H,6-8H2,(H,12,13). The van der Waals surface area contributed by atoms with Crippen molar-refractivity contribution in [2.45, 2.75) is 11.7 Å². The largest absolute Gasteiger partial charge is 0.354 e. The van der Waals surface area contributed by atoms with Gasteiger partial charge in [-0.05, 0) is 12.0 Å². The van der Waals surface area contributed by atoms with Crippen molar-refractivity contribution in [2.75, 3.05) is 12.3 Å². The second-order valence-corrected chi connectivity index (χ2v) is 4.65. The minimum atomic E-state index is 0.103. The topological polar surface area (TPSA) is 29.1 Å². The van der Waals surface area contributed by atoms with Crippen LogP contribution in [0.15, 0.2) is 30.3 Å². The van der Waals surface area contributed by atoms with E-state index in [1.807, 2.05) is 18.2 Å². The van der Waals surface area contributed by atoms with Crippen LogP contribution in [0.5, 0.6) is 0 Å². The normalized spacial score (nSPS) is 21.7. The van der Waals surface area contributed by atoms with Crippen molar-refractivity contribution in [3.05, 3.63) is 35.9 Å². The Morgan fingerprint density at radius 1 is 1.36 bits per heavy atom. The maximum Gasteiger partial charge on any atom is 0.233 e. The molecule has 0 saturated carbocycles. The highest BCUT2D eigenvalue weighted by Crippen LogP contribution is 2.18. The zero-order chi connectivity index (χ0) is 9.80. The average Bonchev–Trinajstić information content (AvgIpc) is 2.23. The molecule has 1 atom stereocenters. The molecule has 74 valence electrons. The third kappa shape index (κ3) is 2.29. The fourth-order valence-electron chi connectivity index (χ4n) is 1.54. The zero-order valence-electron chi connectivity index (χ0n) is 7.90. The molecule has 1 heterocycles. The van der Waals surface area contributed by atoms with Gasteiger partial charge in [0.1, 0.15) is 0 Å². The molecular formula is C11H13NOS. The molecule has 1 unspecified atom stereocenters. The summed E-state index contributed by atoms with van der Waals surface area (Å²) in [7, 11) is 0. The van der Waals surface area contributed by atoms with E-state index in [9.17, 15) is 4.79 Å². The molecule has 1 aromatic rings. The van der Waals surface area contributed by atoms with Crippen molar-refractivity contribution in [3.63, 3.8) is 0 Å². The lowest BCUT2D eigenvalue weighted by Gasteiger charge is -2.21. The molecule has 1 aliphatic heterocycles. The van der Waals surface area contributed by atoms with Crippen LogP contribution in [0.1, 0.15) is 5.56 Å². The second-order valence-electron chi connectivity index (χ2n) is 3.34. The van der Waals surface area contributed by atoms with Crippen molar-refractivity contribution in [2.24, 2.45) is 0 Å². The first-order valence-corrected chi connectivity index (χ1v) is 5.84. The van der Waals surface area contributed by atoms with Crippen LogP contribution >= 0.6 is 11.8 Å². The summed E-state index contributed by atoms with van der Waals surface area (Å²) in [5, 5.41) is 3.00. The Bertz CT molecular complexity index is 312. The fraction of sp³-hybridized carbons (Fsp3) is 0.364. The Labute approximate surface area is 88.1 Å². The van der Waals surface area contributed by atoms with E-state index in [-0.39, 0.29) is 11.2 Å². The molecule has 0 bridgehead atoms. The number of carbonyl (C=O) groups excluding carboxylic acids is 1. The van der Waals surface area contributed by atoms with E-state index in [0.717, 1.165) is 18.7 Å². The van der Waals surface area contributed by atoms with Gasteiger partial charge in [0.25, 0.3) is 0 Å². The van der Waals surface area contributed by atoms with Gasteiger partial charge >= 0.3 is 0 Å². The van der Waals surface area contributed by atoms with Crippen LogP contribution in [0.2, 0.25) is 0 Å². The Hall–Kier alpha value is -0.960. The number of amides is 1. The van der Waals surface area contributed by atoms with Gasteiger partial charge in [-0.1, -0.05) is 30.3 Å². The summed E-state index contributed by atoms with van der Waals surface area (Å²) in [5.74, 6) is 1.22. The van der Waals surface area contributed by atoms with Gasteiger partial charge in [0.15, 0.2) is 0 Å². The van der Waals surface area contributed by atoms with Crippen LogP contribution in [-0.4, -0.2) is 23.5 Å². The Balaban J connectivity index is 2.00. The van der Waals surface area contributed by atoms with Gasteiger partial charge in [-0.15, -0.1) is 11.8 Å². The van der Waals surface area contributed by atoms with Crippen LogP contribution in [-0.2, 0) is 11.2 Å². The minimum absolute atomic E-state index is 0.103. The molecule has 1 fully saturated rings. The Morgan fingerprint density at radius 3 is 2.86 bits per heavy atom. The highest BCUT2D eigenvalue weighted by molar-refractivity contribution is 8.00. The van der Waals surface area contributed by atoms with E-state index >= 15 is 0 Å². The van der Waals surface area contributed by atoms with Gasteiger partial charge in [0.2, 0.25) is 5.91 Å². The van der Waals surface area contributed by atoms with Crippen molar-refractivity contribution >= 4 is 17.7 Å². The summed E-state index contributed by atoms with van der Waals surface area (Å²) in [6.07, 6.45) is 0.845. The second kappa shape index (κ2) is 4.51. The van der Waals surface area contributed by atoms with E-state index in [1.54, 1.807) is 11.8 Å². The Kier molecular flexibility index (Phi) is 3.09. The van der Waals surface area contributed by atoms with Gasteiger partial charge in [0.05, 0.1) is 5.25 Å². The van der Waals surface area contributed by atoms with Crippen LogP contribution in [0.3, 0.4) is 0 Å². The molecule has 1 N–H and O–H groups in total. The van der Waals surface area contributed by atoms with Crippen molar-refractivity contribution in [3.8, 4) is 0 Å². The van der Waals surface area contributed by atoms with E-state index < -0.39 is 0 Å². The summed E-state index contributed by atoms with van der Waals surface area (Å²) in [4.78, 5) is 11.5. The number of hydrogen-bond donors (Lipinski definition) is 1. The Morgan fingerprint density at radius 2 is 2.14 bits per heavy atom. The third-order valence-corrected chi connectivity index (χ3v) is 3.50. The van der Waals surface area contributed by atoms with Crippen LogP contribution in [0.25, 0.3) is 0 Å². The maximum absolute atomic E-state index is 11.5. The van der Waals surface area contributed by atoms with E-state index in [4.69, 9.17) is 0 Å². The summed E-state index contributed by atoms with van der Waals surface area (Å²) in [5.41, 5.74) is 1.24. The first-order chi connectivity index (χ1) is 6.86. The lowest BCUT2D eigenvalue weighted by atomic mass is 10.1. The van der Waals surface area contributed by atoms with E-state index in [0.29, 0.717) is 0 Å². The number of rotatable bonds is 2. The van der Waals surface area contributed by atoms with E-state index in [2.05, 4.69) is 17.4 Å². The summed E-state index contributed by atoms with van der Waals surface area (Å²) >= 11 is 1.75. The molecule has 1 aliphatic rings. The molecule has 1 saturated heterocycles. The monoisotopic (exact) mass is 207 g/mol. The lowest BCUT2D eigenvalue weighted by molar-refractivity contribution is -0.120. The quantitative estimate of drug-likeness (QED) is 0.795. The predicted octanol–water partition coefficient (Wildman–Crippen LogP) is 1.46. The lowest BCUT2D eigenvalue weighted by Crippen LogP contribution is -2.40. The van der Waals surface area contributed by atoms with Gasteiger partial charge in [-0.25, -0.2) is 0 Å². The molecular weight excluding hydrogens is 194 g/mol. The van der Waals surface area contributed by atoms with Crippen LogP contribution in [0, 0.1) is 0 Å². The highest BCUT2D eigenvalue weighted by atomic mass is 32.2. The van der Waals surface area contributed by atoms with Crippen molar-refractivity contribution in [1.82, 2.24) is 5.32 Å². The first-order valence-electron chi connectivity index (χ1n) is 4.79. The summed E-state index contributed by atoms with van der Waals surface area (Å²) in [6.45, 7) is 0.814. The predicted molar refractivity (Wildman–Crippen MR) is 59.4 cm³/mol. The molecule has 3 heteroatoms. The number of hydrogen-bond acceptors (Lipinski definition) is 2. The van der Waals surface area contributed by atoms with Gasteiger partial charge in [-0.3, -0.25) is 4.79 Å². The highest BCUT2D eigenvalue weighted by Gasteiger charge is 2.22. The smallest absolute Gasteiger partial charge is 0.233 e. The zero-order valence-corrected chi connectivity index (χ0v) is 8.72. The molecule has 0 spiro atoms. The number of carbonyl (C=O) groups is 1. The SMILES string of the molecule is O=C1NCCSC1Cc1ccccc1. The summed E-state index contributed by atoms with van der Waals surface area (Å²) in [6, 6.07) is 10.2. The number of thioether (sulfide) groups is 1. The van der Waals surface area contributed by atoms with Gasteiger partial charge in [0, 0.05) is 12.3 Å². The molecule has 0 radical (unpaired) electrons. The van der Waals surface area contributed by atoms with Crippen molar-refractivity contribution < 1.29 is 4.79 Å². The van der Waals surface area contributed by atoms with Crippen LogP contribution < -0.4 is 5.32 Å². The van der Waals surface area contributed by atoms with Gasteiger partial charge < -0.3 is 5.32 Å². The number of benzene rings is 1. The minimum Gasteiger partial charge on any atom is -0.354 e. The molecule has 14 heavy (non-hydrogen) atoms. The van der Waals surface area contributed by atoms with Crippen molar-refractivity contribution in [1.29, 1.82) is 0 Å². The van der Waals surface area contributed by atoms with Crippen LogP contribution in [0.4, 0.5) is 0 Å². The third-order valence-electron chi connectivity index (χ3n) is 2.28. The molecule has 2 nitrogen and oxygen atoms in total. The van der Waals surface area contributed by atoms with E-state index in [1.165, 1.54) is 5.56 Å². The fourth-order valence-corrected chi connectivity index (χ4v) is 2.59. The number of nitrogens with one attached hydrogen (secondary N) is 1. The first kappa shape index (κ1) is 9.59. The molecule has 0 aliphatic carbocycles. The average molecular weight is 207 g/mol. The summed E-state index contributed by atoms with van der Waals surface area (Å²) < 4.78 is 0. The molecule has 1 amide bonds. The molecule has 1 aromatic carbocycles. The maximum atomic E-state index is 11.5. The molecule has 2 rings (SSSR count). The van der Waals surface area contributed by atoms with Gasteiger partial charge in [-0.2, -0.15) is 0 Å².